The molecule has 4 nitrogen and oxygen atoms in total. The zero-order valence-electron chi connectivity index (χ0n) is 15.6. The van der Waals surface area contributed by atoms with Crippen LogP contribution in [0.3, 0.4) is 0 Å². The van der Waals surface area contributed by atoms with E-state index in [4.69, 9.17) is 18.6 Å². The fourth-order valence-corrected chi connectivity index (χ4v) is 3.00. The van der Waals surface area contributed by atoms with Crippen molar-refractivity contribution in [3.05, 3.63) is 29.8 Å². The highest BCUT2D eigenvalue weighted by Gasteiger charge is 2.37. The molecule has 132 valence electrons. The summed E-state index contributed by atoms with van der Waals surface area (Å²) in [5.74, 6) is 0.880. The molecule has 1 atom stereocenters. The van der Waals surface area contributed by atoms with E-state index in [2.05, 4.69) is 39.9 Å². The maximum absolute atomic E-state index is 6.32. The minimum Gasteiger partial charge on any atom is -0.496 e. The van der Waals surface area contributed by atoms with Crippen LogP contribution < -0.4 is 4.74 Å². The summed E-state index contributed by atoms with van der Waals surface area (Å²) < 4.78 is 22.6. The summed E-state index contributed by atoms with van der Waals surface area (Å²) in [5, 5.41) is 0.184. The van der Waals surface area contributed by atoms with Gasteiger partial charge in [-0.25, -0.2) is 0 Å². The van der Waals surface area contributed by atoms with Crippen LogP contribution in [0.15, 0.2) is 24.3 Å². The fourth-order valence-electron chi connectivity index (χ4n) is 1.96. The summed E-state index contributed by atoms with van der Waals surface area (Å²) in [4.78, 5) is 0. The van der Waals surface area contributed by atoms with Crippen LogP contribution in [0.25, 0.3) is 0 Å². The van der Waals surface area contributed by atoms with Crippen molar-refractivity contribution in [1.82, 2.24) is 0 Å². The average molecular weight is 341 g/mol. The highest BCUT2D eigenvalue weighted by atomic mass is 28.4. The van der Waals surface area contributed by atoms with Crippen molar-refractivity contribution in [2.24, 2.45) is 0 Å². The Hall–Kier alpha value is -0.883. The number of para-hydroxylation sites is 1. The van der Waals surface area contributed by atoms with Gasteiger partial charge in [0.15, 0.2) is 8.32 Å². The average Bonchev–Trinajstić information content (AvgIpc) is 2.49. The molecule has 1 unspecified atom stereocenters. The topological polar surface area (TPSA) is 36.9 Å². The van der Waals surface area contributed by atoms with Gasteiger partial charge in [-0.15, -0.1) is 0 Å². The molecule has 0 N–H and O–H groups in total. The molecule has 0 aliphatic carbocycles. The molecule has 1 aromatic rings. The molecule has 5 heteroatoms. The highest BCUT2D eigenvalue weighted by Crippen LogP contribution is 2.36. The lowest BCUT2D eigenvalue weighted by molar-refractivity contribution is -0.0846. The number of hydrogen-bond acceptors (Lipinski definition) is 4. The molecule has 23 heavy (non-hydrogen) atoms. The minimum atomic E-state index is -1.80. The second kappa shape index (κ2) is 8.83. The van der Waals surface area contributed by atoms with Gasteiger partial charge in [-0.2, -0.15) is 0 Å². The van der Waals surface area contributed by atoms with Crippen LogP contribution in [0.4, 0.5) is 0 Å². The Morgan fingerprint density at radius 2 is 1.74 bits per heavy atom. The van der Waals surface area contributed by atoms with E-state index in [-0.39, 0.29) is 17.9 Å². The van der Waals surface area contributed by atoms with Crippen molar-refractivity contribution in [3.63, 3.8) is 0 Å². The molecule has 0 saturated carbocycles. The Morgan fingerprint density at radius 1 is 1.09 bits per heavy atom. The predicted octanol–water partition coefficient (Wildman–Crippen LogP) is 4.25. The second-order valence-corrected chi connectivity index (χ2v) is 12.1. The number of hydrogen-bond donors (Lipinski definition) is 0. The Bertz CT molecular complexity index is 468. The molecule has 0 spiro atoms. The van der Waals surface area contributed by atoms with Crippen LogP contribution >= 0.6 is 0 Å². The number of ether oxygens (including phenoxy) is 3. The first-order valence-electron chi connectivity index (χ1n) is 8.07. The number of methoxy groups -OCH3 is 2. The quantitative estimate of drug-likeness (QED) is 0.497. The SMILES string of the molecule is COCOC(CO[Si](C)(C)C(C)(C)C)Cc1ccccc1OC. The molecule has 1 rings (SSSR count). The van der Waals surface area contributed by atoms with Gasteiger partial charge in [-0.3, -0.25) is 0 Å². The van der Waals surface area contributed by atoms with Crippen molar-refractivity contribution in [2.45, 2.75) is 51.4 Å². The van der Waals surface area contributed by atoms with Gasteiger partial charge in [0, 0.05) is 13.5 Å². The third-order valence-electron chi connectivity index (χ3n) is 4.50. The number of rotatable bonds is 9. The molecular weight excluding hydrogens is 308 g/mol. The van der Waals surface area contributed by atoms with Crippen LogP contribution in [0.5, 0.6) is 5.75 Å². The van der Waals surface area contributed by atoms with Gasteiger partial charge < -0.3 is 18.6 Å². The molecule has 1 aromatic carbocycles. The highest BCUT2D eigenvalue weighted by molar-refractivity contribution is 6.74. The fraction of sp³-hybridized carbons (Fsp3) is 0.667. The lowest BCUT2D eigenvalue weighted by Gasteiger charge is -2.37. The summed E-state index contributed by atoms with van der Waals surface area (Å²) >= 11 is 0. The minimum absolute atomic E-state index is 0.0552. The lowest BCUT2D eigenvalue weighted by atomic mass is 10.1. The van der Waals surface area contributed by atoms with Crippen LogP contribution in [-0.2, 0) is 20.3 Å². The molecule has 0 aliphatic heterocycles. The summed E-state index contributed by atoms with van der Waals surface area (Å²) in [6.07, 6.45) is 0.683. The van der Waals surface area contributed by atoms with E-state index >= 15 is 0 Å². The van der Waals surface area contributed by atoms with E-state index in [1.807, 2.05) is 18.2 Å². The van der Waals surface area contributed by atoms with E-state index in [1.165, 1.54) is 0 Å². The third-order valence-corrected chi connectivity index (χ3v) is 9.00. The molecule has 0 fully saturated rings. The molecular formula is C18H32O4Si. The van der Waals surface area contributed by atoms with Crippen molar-refractivity contribution in [1.29, 1.82) is 0 Å². The summed E-state index contributed by atoms with van der Waals surface area (Å²) in [6, 6.07) is 8.02. The van der Waals surface area contributed by atoms with E-state index in [0.29, 0.717) is 6.61 Å². The predicted molar refractivity (Wildman–Crippen MR) is 96.6 cm³/mol. The smallest absolute Gasteiger partial charge is 0.192 e. The molecule has 0 heterocycles. The third kappa shape index (κ3) is 6.26. The Balaban J connectivity index is 2.76. The lowest BCUT2D eigenvalue weighted by Crippen LogP contribution is -2.43. The van der Waals surface area contributed by atoms with Gasteiger partial charge in [0.2, 0.25) is 0 Å². The van der Waals surface area contributed by atoms with Crippen LogP contribution in [0.1, 0.15) is 26.3 Å². The van der Waals surface area contributed by atoms with Gasteiger partial charge in [-0.05, 0) is 29.8 Å². The standard InChI is InChI=1S/C18H32O4Si/c1-18(2,3)23(6,7)22-13-16(21-14-19-4)12-15-10-8-9-11-17(15)20-5/h8-11,16H,12-14H2,1-7H3. The monoisotopic (exact) mass is 340 g/mol. The van der Waals surface area contributed by atoms with Gasteiger partial charge >= 0.3 is 0 Å². The Labute approximate surface area is 142 Å². The Kier molecular flexibility index (Phi) is 7.74. The van der Waals surface area contributed by atoms with Gasteiger partial charge in [0.1, 0.15) is 12.5 Å². The first kappa shape index (κ1) is 20.2. The molecule has 0 bridgehead atoms. The summed E-state index contributed by atoms with van der Waals surface area (Å²) in [5.41, 5.74) is 1.12. The molecule has 0 radical (unpaired) electrons. The molecule has 0 aliphatic rings. The van der Waals surface area contributed by atoms with E-state index in [1.54, 1.807) is 14.2 Å². The van der Waals surface area contributed by atoms with Crippen molar-refractivity contribution in [2.75, 3.05) is 27.6 Å². The maximum atomic E-state index is 6.32. The first-order chi connectivity index (χ1) is 10.7. The van der Waals surface area contributed by atoms with Crippen LogP contribution in [0.2, 0.25) is 18.1 Å². The van der Waals surface area contributed by atoms with Crippen molar-refractivity contribution >= 4 is 8.32 Å². The summed E-state index contributed by atoms with van der Waals surface area (Å²) in [7, 11) is 1.53. The molecule has 0 amide bonds. The molecule has 0 saturated heterocycles. The summed E-state index contributed by atoms with van der Waals surface area (Å²) in [6.45, 7) is 12.1. The van der Waals surface area contributed by atoms with Gasteiger partial charge in [0.05, 0.1) is 19.8 Å². The van der Waals surface area contributed by atoms with E-state index in [9.17, 15) is 0 Å². The van der Waals surface area contributed by atoms with Crippen LogP contribution in [-0.4, -0.2) is 42.0 Å². The van der Waals surface area contributed by atoms with Gasteiger partial charge in [0.25, 0.3) is 0 Å². The normalized spacial score (nSPS) is 13.9. The van der Waals surface area contributed by atoms with Gasteiger partial charge in [-0.1, -0.05) is 39.0 Å². The van der Waals surface area contributed by atoms with Crippen LogP contribution in [0, 0.1) is 0 Å². The number of benzene rings is 1. The zero-order chi connectivity index (χ0) is 17.5. The van der Waals surface area contributed by atoms with Crippen molar-refractivity contribution in [3.8, 4) is 5.75 Å². The van der Waals surface area contributed by atoms with E-state index < -0.39 is 8.32 Å². The second-order valence-electron chi connectivity index (χ2n) is 7.28. The van der Waals surface area contributed by atoms with E-state index in [0.717, 1.165) is 17.7 Å². The van der Waals surface area contributed by atoms with Crippen molar-refractivity contribution < 1.29 is 18.6 Å². The first-order valence-corrected chi connectivity index (χ1v) is 11.0. The Morgan fingerprint density at radius 3 is 2.30 bits per heavy atom. The maximum Gasteiger partial charge on any atom is 0.192 e. The molecule has 0 aromatic heterocycles. The zero-order valence-corrected chi connectivity index (χ0v) is 16.6. The largest absolute Gasteiger partial charge is 0.496 e.